The summed E-state index contributed by atoms with van der Waals surface area (Å²) in [6.45, 7) is 5.46. The van der Waals surface area contributed by atoms with Crippen molar-refractivity contribution in [1.82, 2.24) is 4.90 Å². The predicted molar refractivity (Wildman–Crippen MR) is 92.8 cm³/mol. The molecule has 0 radical (unpaired) electrons. The van der Waals surface area contributed by atoms with Gasteiger partial charge in [-0.2, -0.15) is 0 Å². The van der Waals surface area contributed by atoms with E-state index in [4.69, 9.17) is 4.74 Å². The van der Waals surface area contributed by atoms with Gasteiger partial charge < -0.3 is 14.5 Å². The van der Waals surface area contributed by atoms with Crippen LogP contribution in [0.3, 0.4) is 0 Å². The first-order valence-corrected chi connectivity index (χ1v) is 9.02. The topological polar surface area (TPSA) is 32.8 Å². The molecule has 4 nitrogen and oxygen atoms in total. The maximum absolute atomic E-state index is 12.3. The molecule has 1 aromatic rings. The van der Waals surface area contributed by atoms with Crippen LogP contribution in [0.25, 0.3) is 0 Å². The highest BCUT2D eigenvalue weighted by Gasteiger charge is 2.15. The number of rotatable bonds is 4. The molecule has 0 atom stereocenters. The maximum Gasteiger partial charge on any atom is 0.222 e. The summed E-state index contributed by atoms with van der Waals surface area (Å²) in [5, 5.41) is 0. The van der Waals surface area contributed by atoms with Crippen LogP contribution in [0.15, 0.2) is 24.3 Å². The molecule has 0 aliphatic carbocycles. The Morgan fingerprint density at radius 1 is 0.913 bits per heavy atom. The van der Waals surface area contributed by atoms with Crippen LogP contribution in [0.4, 0.5) is 5.69 Å². The molecule has 0 spiro atoms. The highest BCUT2D eigenvalue weighted by atomic mass is 16.5. The molecule has 2 aliphatic heterocycles. The van der Waals surface area contributed by atoms with Crippen molar-refractivity contribution in [3.63, 3.8) is 0 Å². The number of morpholine rings is 1. The van der Waals surface area contributed by atoms with Crippen molar-refractivity contribution in [3.05, 3.63) is 29.8 Å². The molecule has 0 unspecified atom stereocenters. The highest BCUT2D eigenvalue weighted by Crippen LogP contribution is 2.18. The van der Waals surface area contributed by atoms with Crippen molar-refractivity contribution in [2.45, 2.75) is 38.5 Å². The van der Waals surface area contributed by atoms with Gasteiger partial charge in [-0.25, -0.2) is 0 Å². The fourth-order valence-electron chi connectivity index (χ4n) is 3.42. The van der Waals surface area contributed by atoms with E-state index in [9.17, 15) is 4.79 Å². The fourth-order valence-corrected chi connectivity index (χ4v) is 3.42. The minimum atomic E-state index is 0.323. The molecule has 126 valence electrons. The summed E-state index contributed by atoms with van der Waals surface area (Å²) in [5.41, 5.74) is 2.51. The van der Waals surface area contributed by atoms with Gasteiger partial charge >= 0.3 is 0 Å². The van der Waals surface area contributed by atoms with Gasteiger partial charge in [-0.3, -0.25) is 4.79 Å². The molecule has 2 aliphatic rings. The van der Waals surface area contributed by atoms with E-state index in [1.165, 1.54) is 36.9 Å². The number of hydrogen-bond acceptors (Lipinski definition) is 3. The third-order valence-corrected chi connectivity index (χ3v) is 4.90. The van der Waals surface area contributed by atoms with Crippen LogP contribution in [-0.4, -0.2) is 50.2 Å². The minimum absolute atomic E-state index is 0.323. The number of aryl methyl sites for hydroxylation is 1. The van der Waals surface area contributed by atoms with Crippen LogP contribution < -0.4 is 4.90 Å². The summed E-state index contributed by atoms with van der Waals surface area (Å²) in [5.74, 6) is 0.323. The summed E-state index contributed by atoms with van der Waals surface area (Å²) in [4.78, 5) is 16.8. The smallest absolute Gasteiger partial charge is 0.222 e. The molecule has 3 rings (SSSR count). The lowest BCUT2D eigenvalue weighted by Gasteiger charge is -2.29. The molecule has 0 saturated carbocycles. The van der Waals surface area contributed by atoms with E-state index in [0.29, 0.717) is 12.3 Å². The first-order valence-electron chi connectivity index (χ1n) is 9.02. The monoisotopic (exact) mass is 316 g/mol. The summed E-state index contributed by atoms with van der Waals surface area (Å²) < 4.78 is 5.39. The number of ether oxygens (including phenoxy) is 1. The lowest BCUT2D eigenvalue weighted by atomic mass is 10.1. The SMILES string of the molecule is O=C(CCc1ccc(N2CCOCC2)cc1)N1CCCCCC1. The van der Waals surface area contributed by atoms with Gasteiger partial charge in [-0.05, 0) is 37.0 Å². The standard InChI is InChI=1S/C19H28N2O2/c22-19(21-11-3-1-2-4-12-21)10-7-17-5-8-18(9-6-17)20-13-15-23-16-14-20/h5-6,8-9H,1-4,7,10-16H2. The van der Waals surface area contributed by atoms with Gasteiger partial charge in [-0.15, -0.1) is 0 Å². The van der Waals surface area contributed by atoms with Gasteiger partial charge in [0.2, 0.25) is 5.91 Å². The molecule has 23 heavy (non-hydrogen) atoms. The van der Waals surface area contributed by atoms with E-state index in [-0.39, 0.29) is 0 Å². The molecule has 1 aromatic carbocycles. The summed E-state index contributed by atoms with van der Waals surface area (Å²) in [6.07, 6.45) is 6.36. The Labute approximate surface area is 139 Å². The van der Waals surface area contributed by atoms with Gasteiger partial charge in [0.25, 0.3) is 0 Å². The van der Waals surface area contributed by atoms with Crippen LogP contribution in [0, 0.1) is 0 Å². The fraction of sp³-hybridized carbons (Fsp3) is 0.632. The van der Waals surface area contributed by atoms with E-state index in [1.807, 2.05) is 0 Å². The number of carbonyl (C=O) groups is 1. The van der Waals surface area contributed by atoms with Crippen molar-refractivity contribution in [2.24, 2.45) is 0 Å². The number of likely N-dealkylation sites (tertiary alicyclic amines) is 1. The van der Waals surface area contributed by atoms with Crippen molar-refractivity contribution in [3.8, 4) is 0 Å². The zero-order chi connectivity index (χ0) is 15.9. The average Bonchev–Trinajstić information content (AvgIpc) is 2.90. The molecule has 2 heterocycles. The molecule has 0 aromatic heterocycles. The summed E-state index contributed by atoms with van der Waals surface area (Å²) in [6, 6.07) is 8.69. The van der Waals surface area contributed by atoms with Gasteiger partial charge in [0.15, 0.2) is 0 Å². The first kappa shape index (κ1) is 16.3. The first-order chi connectivity index (χ1) is 11.3. The second-order valence-corrected chi connectivity index (χ2v) is 6.56. The second-order valence-electron chi connectivity index (χ2n) is 6.56. The Hall–Kier alpha value is -1.55. The maximum atomic E-state index is 12.3. The number of benzene rings is 1. The zero-order valence-corrected chi connectivity index (χ0v) is 14.0. The highest BCUT2D eigenvalue weighted by molar-refractivity contribution is 5.76. The van der Waals surface area contributed by atoms with E-state index in [1.54, 1.807) is 0 Å². The van der Waals surface area contributed by atoms with E-state index in [2.05, 4.69) is 34.1 Å². The molecule has 1 amide bonds. The second kappa shape index (κ2) is 8.34. The minimum Gasteiger partial charge on any atom is -0.378 e. The quantitative estimate of drug-likeness (QED) is 0.856. The van der Waals surface area contributed by atoms with Crippen LogP contribution in [0.2, 0.25) is 0 Å². The van der Waals surface area contributed by atoms with Gasteiger partial charge in [0.1, 0.15) is 0 Å². The van der Waals surface area contributed by atoms with E-state index < -0.39 is 0 Å². The van der Waals surface area contributed by atoms with E-state index >= 15 is 0 Å². The number of hydrogen-bond donors (Lipinski definition) is 0. The van der Waals surface area contributed by atoms with Crippen LogP contribution >= 0.6 is 0 Å². The van der Waals surface area contributed by atoms with Gasteiger partial charge in [0, 0.05) is 38.3 Å². The van der Waals surface area contributed by atoms with Crippen LogP contribution in [0.1, 0.15) is 37.7 Å². The number of anilines is 1. The predicted octanol–water partition coefficient (Wildman–Crippen LogP) is 2.86. The molecule has 2 fully saturated rings. The van der Waals surface area contributed by atoms with Crippen molar-refractivity contribution >= 4 is 11.6 Å². The Balaban J connectivity index is 1.48. The molecular weight excluding hydrogens is 288 g/mol. The Morgan fingerprint density at radius 2 is 1.57 bits per heavy atom. The van der Waals surface area contributed by atoms with Crippen LogP contribution in [-0.2, 0) is 16.0 Å². The van der Waals surface area contributed by atoms with Crippen LogP contribution in [0.5, 0.6) is 0 Å². The lowest BCUT2D eigenvalue weighted by Crippen LogP contribution is -2.36. The summed E-state index contributed by atoms with van der Waals surface area (Å²) >= 11 is 0. The van der Waals surface area contributed by atoms with Crippen molar-refractivity contribution in [1.29, 1.82) is 0 Å². The Morgan fingerprint density at radius 3 is 2.22 bits per heavy atom. The zero-order valence-electron chi connectivity index (χ0n) is 14.0. The molecule has 2 saturated heterocycles. The number of nitrogens with zero attached hydrogens (tertiary/aromatic N) is 2. The normalized spacial score (nSPS) is 19.5. The molecule has 4 heteroatoms. The van der Waals surface area contributed by atoms with Crippen molar-refractivity contribution in [2.75, 3.05) is 44.3 Å². The summed E-state index contributed by atoms with van der Waals surface area (Å²) in [7, 11) is 0. The van der Waals surface area contributed by atoms with Gasteiger partial charge in [0.05, 0.1) is 13.2 Å². The molecule has 0 N–H and O–H groups in total. The Bertz CT molecular complexity index is 487. The third kappa shape index (κ3) is 4.71. The Kier molecular flexibility index (Phi) is 5.92. The van der Waals surface area contributed by atoms with Crippen molar-refractivity contribution < 1.29 is 9.53 Å². The molecular formula is C19H28N2O2. The lowest BCUT2D eigenvalue weighted by molar-refractivity contribution is -0.131. The van der Waals surface area contributed by atoms with Gasteiger partial charge in [-0.1, -0.05) is 25.0 Å². The van der Waals surface area contributed by atoms with E-state index in [0.717, 1.165) is 45.8 Å². The molecule has 0 bridgehead atoms. The third-order valence-electron chi connectivity index (χ3n) is 4.90. The number of amides is 1. The average molecular weight is 316 g/mol. The largest absolute Gasteiger partial charge is 0.378 e. The number of carbonyl (C=O) groups excluding carboxylic acids is 1.